The van der Waals surface area contributed by atoms with Crippen molar-refractivity contribution in [3.63, 3.8) is 0 Å². The zero-order valence-corrected chi connectivity index (χ0v) is 11.2. The third kappa shape index (κ3) is 4.13. The van der Waals surface area contributed by atoms with Crippen LogP contribution in [0.3, 0.4) is 0 Å². The van der Waals surface area contributed by atoms with Crippen LogP contribution in [0.2, 0.25) is 0 Å². The molecule has 4 N–H and O–H groups in total. The van der Waals surface area contributed by atoms with Crippen LogP contribution in [0.25, 0.3) is 0 Å². The predicted molar refractivity (Wildman–Crippen MR) is 74.2 cm³/mol. The summed E-state index contributed by atoms with van der Waals surface area (Å²) in [5.41, 5.74) is 5.93. The lowest BCUT2D eigenvalue weighted by molar-refractivity contribution is -0.126. The summed E-state index contributed by atoms with van der Waals surface area (Å²) in [5.74, 6) is -0.146. The molecular formula is C14H23N3O. The van der Waals surface area contributed by atoms with Gasteiger partial charge in [0.25, 0.3) is 0 Å². The van der Waals surface area contributed by atoms with Crippen molar-refractivity contribution in [1.29, 1.82) is 0 Å². The molecule has 0 aliphatic heterocycles. The first-order chi connectivity index (χ1) is 8.59. The van der Waals surface area contributed by atoms with Crippen LogP contribution < -0.4 is 16.4 Å². The van der Waals surface area contributed by atoms with Crippen LogP contribution in [0.1, 0.15) is 25.8 Å². The topological polar surface area (TPSA) is 67.1 Å². The molecule has 1 aromatic rings. The van der Waals surface area contributed by atoms with E-state index in [2.05, 4.69) is 17.6 Å². The van der Waals surface area contributed by atoms with Gasteiger partial charge in [-0.15, -0.1) is 0 Å². The molecule has 0 fully saturated rings. The largest absolute Gasteiger partial charge is 0.353 e. The number of amides is 1. The minimum atomic E-state index is -0.980. The monoisotopic (exact) mass is 249 g/mol. The second kappa shape index (κ2) is 7.13. The van der Waals surface area contributed by atoms with Crippen molar-refractivity contribution in [1.82, 2.24) is 10.6 Å². The smallest absolute Gasteiger partial charge is 0.244 e. The molecule has 1 amide bonds. The van der Waals surface area contributed by atoms with Crippen LogP contribution in [0.5, 0.6) is 0 Å². The van der Waals surface area contributed by atoms with E-state index in [-0.39, 0.29) is 5.91 Å². The molecule has 0 radical (unpaired) electrons. The highest BCUT2D eigenvalue weighted by atomic mass is 16.2. The molecule has 0 spiro atoms. The van der Waals surface area contributed by atoms with Crippen molar-refractivity contribution in [2.45, 2.75) is 25.8 Å². The van der Waals surface area contributed by atoms with E-state index in [1.807, 2.05) is 30.3 Å². The van der Waals surface area contributed by atoms with Crippen molar-refractivity contribution in [2.24, 2.45) is 5.73 Å². The number of rotatable bonds is 7. The molecule has 0 heterocycles. The van der Waals surface area contributed by atoms with E-state index in [0.29, 0.717) is 6.54 Å². The molecule has 0 saturated carbocycles. The summed E-state index contributed by atoms with van der Waals surface area (Å²) in [6, 6.07) is 9.42. The molecule has 4 nitrogen and oxygen atoms in total. The fourth-order valence-electron chi connectivity index (χ4n) is 1.67. The quantitative estimate of drug-likeness (QED) is 0.631. The van der Waals surface area contributed by atoms with Gasteiger partial charge in [-0.3, -0.25) is 4.79 Å². The van der Waals surface area contributed by atoms with Gasteiger partial charge in [0.05, 0.1) is 0 Å². The first kappa shape index (κ1) is 14.7. The number of nitrogens with one attached hydrogen (secondary N) is 2. The maximum absolute atomic E-state index is 12.0. The van der Waals surface area contributed by atoms with Gasteiger partial charge in [0, 0.05) is 13.1 Å². The molecule has 0 bridgehead atoms. The lowest BCUT2D eigenvalue weighted by Gasteiger charge is -2.24. The summed E-state index contributed by atoms with van der Waals surface area (Å²) in [6.07, 6.45) is 1.09. The van der Waals surface area contributed by atoms with E-state index >= 15 is 0 Å². The Labute approximate surface area is 109 Å². The summed E-state index contributed by atoms with van der Waals surface area (Å²) < 4.78 is 0. The van der Waals surface area contributed by atoms with E-state index in [1.165, 1.54) is 0 Å². The number of benzene rings is 1. The van der Waals surface area contributed by atoms with Gasteiger partial charge < -0.3 is 16.4 Å². The molecular weight excluding hydrogens is 226 g/mol. The molecule has 0 saturated heterocycles. The average Bonchev–Trinajstić information content (AvgIpc) is 2.39. The van der Waals surface area contributed by atoms with E-state index in [4.69, 9.17) is 5.73 Å². The van der Waals surface area contributed by atoms with E-state index in [9.17, 15) is 4.79 Å². The van der Waals surface area contributed by atoms with Crippen LogP contribution in [0.4, 0.5) is 0 Å². The Bertz CT molecular complexity index is 363. The van der Waals surface area contributed by atoms with Gasteiger partial charge in [-0.05, 0) is 25.5 Å². The molecule has 1 rings (SSSR count). The van der Waals surface area contributed by atoms with Gasteiger partial charge in [0.2, 0.25) is 5.91 Å². The molecule has 0 aliphatic rings. The van der Waals surface area contributed by atoms with Crippen molar-refractivity contribution >= 4 is 5.91 Å². The fraction of sp³-hybridized carbons (Fsp3) is 0.500. The third-order valence-electron chi connectivity index (χ3n) is 2.86. The maximum Gasteiger partial charge on any atom is 0.244 e. The minimum absolute atomic E-state index is 0.146. The first-order valence-electron chi connectivity index (χ1n) is 6.42. The Hall–Kier alpha value is -1.39. The van der Waals surface area contributed by atoms with Gasteiger partial charge in [-0.25, -0.2) is 0 Å². The molecule has 0 aromatic heterocycles. The standard InChI is InChI=1S/C14H23N3O/c1-3-9-16-10-11-17-13(18)14(2,15)12-7-5-4-6-8-12/h4-8,16H,3,9-11,15H2,1-2H3,(H,17,18). The van der Waals surface area contributed by atoms with Crippen molar-refractivity contribution in [3.05, 3.63) is 35.9 Å². The lowest BCUT2D eigenvalue weighted by atomic mass is 9.92. The van der Waals surface area contributed by atoms with Crippen molar-refractivity contribution < 1.29 is 4.79 Å². The van der Waals surface area contributed by atoms with E-state index in [0.717, 1.165) is 25.1 Å². The number of carbonyl (C=O) groups excluding carboxylic acids is 1. The van der Waals surface area contributed by atoms with Crippen LogP contribution >= 0.6 is 0 Å². The molecule has 4 heteroatoms. The summed E-state index contributed by atoms with van der Waals surface area (Å²) >= 11 is 0. The number of hydrogen-bond acceptors (Lipinski definition) is 3. The van der Waals surface area contributed by atoms with Crippen LogP contribution in [0, 0.1) is 0 Å². The normalized spacial score (nSPS) is 13.9. The van der Waals surface area contributed by atoms with Gasteiger partial charge in [-0.1, -0.05) is 37.3 Å². The van der Waals surface area contributed by atoms with Gasteiger partial charge in [0.15, 0.2) is 0 Å². The van der Waals surface area contributed by atoms with Crippen LogP contribution in [-0.4, -0.2) is 25.5 Å². The van der Waals surface area contributed by atoms with Crippen LogP contribution in [0.15, 0.2) is 30.3 Å². The zero-order chi connectivity index (χ0) is 13.4. The summed E-state index contributed by atoms with van der Waals surface area (Å²) in [5, 5.41) is 6.08. The van der Waals surface area contributed by atoms with Gasteiger partial charge in [0.1, 0.15) is 5.54 Å². The Morgan fingerprint density at radius 2 is 1.89 bits per heavy atom. The Morgan fingerprint density at radius 3 is 2.50 bits per heavy atom. The fourth-order valence-corrected chi connectivity index (χ4v) is 1.67. The molecule has 1 unspecified atom stereocenters. The lowest BCUT2D eigenvalue weighted by Crippen LogP contribution is -2.50. The summed E-state index contributed by atoms with van der Waals surface area (Å²) in [7, 11) is 0. The SMILES string of the molecule is CCCNCCNC(=O)C(C)(N)c1ccccc1. The highest BCUT2D eigenvalue weighted by molar-refractivity contribution is 5.86. The highest BCUT2D eigenvalue weighted by Gasteiger charge is 2.29. The molecule has 1 atom stereocenters. The Kier molecular flexibility index (Phi) is 5.82. The first-order valence-corrected chi connectivity index (χ1v) is 6.42. The van der Waals surface area contributed by atoms with Crippen molar-refractivity contribution in [3.8, 4) is 0 Å². The number of hydrogen-bond donors (Lipinski definition) is 3. The Balaban J connectivity index is 2.45. The van der Waals surface area contributed by atoms with E-state index < -0.39 is 5.54 Å². The summed E-state index contributed by atoms with van der Waals surface area (Å²) in [4.78, 5) is 12.0. The minimum Gasteiger partial charge on any atom is -0.353 e. The van der Waals surface area contributed by atoms with Gasteiger partial charge in [-0.2, -0.15) is 0 Å². The molecule has 18 heavy (non-hydrogen) atoms. The molecule has 1 aromatic carbocycles. The maximum atomic E-state index is 12.0. The second-order valence-corrected chi connectivity index (χ2v) is 4.57. The molecule has 100 valence electrons. The number of nitrogens with two attached hydrogens (primary N) is 1. The predicted octanol–water partition coefficient (Wildman–Crippen LogP) is 0.976. The number of carbonyl (C=O) groups is 1. The third-order valence-corrected chi connectivity index (χ3v) is 2.86. The van der Waals surface area contributed by atoms with E-state index in [1.54, 1.807) is 6.92 Å². The average molecular weight is 249 g/mol. The van der Waals surface area contributed by atoms with Crippen LogP contribution in [-0.2, 0) is 10.3 Å². The zero-order valence-electron chi connectivity index (χ0n) is 11.2. The second-order valence-electron chi connectivity index (χ2n) is 4.57. The van der Waals surface area contributed by atoms with Gasteiger partial charge >= 0.3 is 0 Å². The Morgan fingerprint density at radius 1 is 1.22 bits per heavy atom. The summed E-state index contributed by atoms with van der Waals surface area (Å²) in [6.45, 7) is 6.17. The highest BCUT2D eigenvalue weighted by Crippen LogP contribution is 2.16. The van der Waals surface area contributed by atoms with Crippen molar-refractivity contribution in [2.75, 3.05) is 19.6 Å². The molecule has 0 aliphatic carbocycles.